The third-order valence-corrected chi connectivity index (χ3v) is 4.33. The molecule has 1 aliphatic rings. The molecule has 88 valence electrons. The minimum Gasteiger partial charge on any atom is -0.497 e. The fourth-order valence-electron chi connectivity index (χ4n) is 1.77. The van der Waals surface area contributed by atoms with Crippen LogP contribution in [0.25, 0.3) is 0 Å². The first kappa shape index (κ1) is 11.6. The lowest BCUT2D eigenvalue weighted by molar-refractivity contribution is 0.127. The van der Waals surface area contributed by atoms with E-state index in [1.807, 2.05) is 18.2 Å². The van der Waals surface area contributed by atoms with Gasteiger partial charge in [-0.05, 0) is 31.5 Å². The van der Waals surface area contributed by atoms with Crippen LogP contribution in [0.15, 0.2) is 23.1 Å². The molecular weight excluding hydrogens is 222 g/mol. The number of thioether (sulfide) groups is 1. The number of hydrogen-bond acceptors (Lipinski definition) is 4. The Morgan fingerprint density at radius 1 is 1.50 bits per heavy atom. The van der Waals surface area contributed by atoms with E-state index in [0.717, 1.165) is 29.4 Å². The molecule has 0 radical (unpaired) electrons. The number of rotatable bonds is 3. The maximum absolute atomic E-state index is 5.95. The molecule has 3 nitrogen and oxygen atoms in total. The Bertz CT molecular complexity index is 370. The van der Waals surface area contributed by atoms with E-state index in [0.29, 0.717) is 11.4 Å². The third-order valence-electron chi connectivity index (χ3n) is 2.81. The van der Waals surface area contributed by atoms with Gasteiger partial charge < -0.3 is 15.2 Å². The predicted octanol–water partition coefficient (Wildman–Crippen LogP) is 2.55. The van der Waals surface area contributed by atoms with E-state index in [9.17, 15) is 0 Å². The molecule has 1 aromatic carbocycles. The highest BCUT2D eigenvalue weighted by molar-refractivity contribution is 8.00. The number of ether oxygens (including phenoxy) is 2. The molecule has 2 N–H and O–H groups in total. The van der Waals surface area contributed by atoms with E-state index >= 15 is 0 Å². The first-order chi connectivity index (χ1) is 7.70. The van der Waals surface area contributed by atoms with Gasteiger partial charge in [0.2, 0.25) is 0 Å². The fourth-order valence-corrected chi connectivity index (χ4v) is 2.97. The van der Waals surface area contributed by atoms with Crippen LogP contribution in [0.3, 0.4) is 0 Å². The number of hydrogen-bond donors (Lipinski definition) is 1. The molecule has 0 saturated carbocycles. The lowest BCUT2D eigenvalue weighted by atomic mass is 10.2. The maximum atomic E-state index is 5.95. The van der Waals surface area contributed by atoms with Crippen LogP contribution in [0.1, 0.15) is 13.3 Å². The van der Waals surface area contributed by atoms with E-state index < -0.39 is 0 Å². The quantitative estimate of drug-likeness (QED) is 0.823. The Hall–Kier alpha value is -0.870. The molecule has 0 bridgehead atoms. The smallest absolute Gasteiger partial charge is 0.120 e. The molecule has 0 aromatic heterocycles. The average molecular weight is 239 g/mol. The Morgan fingerprint density at radius 3 is 2.94 bits per heavy atom. The SMILES string of the molecule is COc1ccc(N)c(SC2CCOC2C)c1. The van der Waals surface area contributed by atoms with E-state index in [2.05, 4.69) is 6.92 Å². The topological polar surface area (TPSA) is 44.5 Å². The Labute approximate surface area is 100 Å². The van der Waals surface area contributed by atoms with Gasteiger partial charge in [0.1, 0.15) is 5.75 Å². The summed E-state index contributed by atoms with van der Waals surface area (Å²) in [4.78, 5) is 1.08. The van der Waals surface area contributed by atoms with Crippen molar-refractivity contribution in [1.29, 1.82) is 0 Å². The standard InChI is InChI=1S/C12H17NO2S/c1-8-11(5-6-15-8)16-12-7-9(14-2)3-4-10(12)13/h3-4,7-8,11H,5-6,13H2,1-2H3. The van der Waals surface area contributed by atoms with Crippen LogP contribution in [0.4, 0.5) is 5.69 Å². The molecule has 4 heteroatoms. The van der Waals surface area contributed by atoms with Gasteiger partial charge in [-0.25, -0.2) is 0 Å². The van der Waals surface area contributed by atoms with Gasteiger partial charge in [-0.15, -0.1) is 11.8 Å². The minimum absolute atomic E-state index is 0.301. The van der Waals surface area contributed by atoms with Crippen LogP contribution in [-0.4, -0.2) is 25.1 Å². The van der Waals surface area contributed by atoms with Crippen molar-refractivity contribution in [2.75, 3.05) is 19.5 Å². The van der Waals surface area contributed by atoms with Crippen LogP contribution in [-0.2, 0) is 4.74 Å². The van der Waals surface area contributed by atoms with Crippen molar-refractivity contribution in [3.05, 3.63) is 18.2 Å². The first-order valence-electron chi connectivity index (χ1n) is 5.42. The maximum Gasteiger partial charge on any atom is 0.120 e. The van der Waals surface area contributed by atoms with E-state index in [1.165, 1.54) is 0 Å². The van der Waals surface area contributed by atoms with Gasteiger partial charge in [0.25, 0.3) is 0 Å². The summed E-state index contributed by atoms with van der Waals surface area (Å²) in [5, 5.41) is 0.495. The molecule has 2 atom stereocenters. The molecule has 1 saturated heterocycles. The van der Waals surface area contributed by atoms with Crippen molar-refractivity contribution in [3.63, 3.8) is 0 Å². The molecule has 1 fully saturated rings. The molecule has 16 heavy (non-hydrogen) atoms. The summed E-state index contributed by atoms with van der Waals surface area (Å²) in [6, 6.07) is 5.76. The number of methoxy groups -OCH3 is 1. The van der Waals surface area contributed by atoms with Crippen molar-refractivity contribution in [2.24, 2.45) is 0 Å². The van der Waals surface area contributed by atoms with Crippen molar-refractivity contribution in [1.82, 2.24) is 0 Å². The zero-order valence-corrected chi connectivity index (χ0v) is 10.4. The normalized spacial score (nSPS) is 24.6. The molecule has 1 aliphatic heterocycles. The zero-order chi connectivity index (χ0) is 11.5. The van der Waals surface area contributed by atoms with Crippen LogP contribution in [0, 0.1) is 0 Å². The predicted molar refractivity (Wildman–Crippen MR) is 67.1 cm³/mol. The second kappa shape index (κ2) is 4.97. The fraction of sp³-hybridized carbons (Fsp3) is 0.500. The zero-order valence-electron chi connectivity index (χ0n) is 9.60. The Kier molecular flexibility index (Phi) is 3.61. The number of nitrogens with two attached hydrogens (primary N) is 1. The lowest BCUT2D eigenvalue weighted by Crippen LogP contribution is -2.13. The van der Waals surface area contributed by atoms with Gasteiger partial charge in [0.05, 0.1) is 13.2 Å². The molecule has 0 amide bonds. The van der Waals surface area contributed by atoms with Gasteiger partial charge in [-0.2, -0.15) is 0 Å². The molecule has 1 heterocycles. The second-order valence-corrected chi connectivity index (χ2v) is 5.21. The third kappa shape index (κ3) is 2.44. The molecule has 2 rings (SSSR count). The monoisotopic (exact) mass is 239 g/mol. The highest BCUT2D eigenvalue weighted by atomic mass is 32.2. The Balaban J connectivity index is 2.13. The van der Waals surface area contributed by atoms with Crippen LogP contribution in [0.5, 0.6) is 5.75 Å². The van der Waals surface area contributed by atoms with Crippen molar-refractivity contribution in [3.8, 4) is 5.75 Å². The van der Waals surface area contributed by atoms with Crippen molar-refractivity contribution < 1.29 is 9.47 Å². The summed E-state index contributed by atoms with van der Waals surface area (Å²) < 4.78 is 10.7. The van der Waals surface area contributed by atoms with Gasteiger partial charge in [-0.1, -0.05) is 0 Å². The van der Waals surface area contributed by atoms with E-state index in [4.69, 9.17) is 15.2 Å². The van der Waals surface area contributed by atoms with Crippen LogP contribution in [0.2, 0.25) is 0 Å². The highest BCUT2D eigenvalue weighted by Gasteiger charge is 2.25. The summed E-state index contributed by atoms with van der Waals surface area (Å²) in [5.41, 5.74) is 6.76. The van der Waals surface area contributed by atoms with Gasteiger partial charge in [0.15, 0.2) is 0 Å². The number of anilines is 1. The molecule has 0 spiro atoms. The highest BCUT2D eigenvalue weighted by Crippen LogP contribution is 2.37. The largest absolute Gasteiger partial charge is 0.497 e. The van der Waals surface area contributed by atoms with E-state index in [-0.39, 0.29) is 0 Å². The number of nitrogen functional groups attached to an aromatic ring is 1. The summed E-state index contributed by atoms with van der Waals surface area (Å²) in [5.74, 6) is 0.850. The summed E-state index contributed by atoms with van der Waals surface area (Å²) >= 11 is 1.79. The molecule has 1 aromatic rings. The van der Waals surface area contributed by atoms with Gasteiger partial charge in [0, 0.05) is 22.4 Å². The molecular formula is C12H17NO2S. The number of benzene rings is 1. The lowest BCUT2D eigenvalue weighted by Gasteiger charge is -2.15. The van der Waals surface area contributed by atoms with Gasteiger partial charge >= 0.3 is 0 Å². The summed E-state index contributed by atoms with van der Waals surface area (Å²) in [7, 11) is 1.67. The molecule has 0 aliphatic carbocycles. The van der Waals surface area contributed by atoms with Crippen LogP contribution >= 0.6 is 11.8 Å². The Morgan fingerprint density at radius 2 is 2.31 bits per heavy atom. The van der Waals surface area contributed by atoms with Crippen LogP contribution < -0.4 is 10.5 Å². The van der Waals surface area contributed by atoms with Crippen molar-refractivity contribution >= 4 is 17.4 Å². The first-order valence-corrected chi connectivity index (χ1v) is 6.30. The summed E-state index contributed by atoms with van der Waals surface area (Å²) in [6.07, 6.45) is 1.39. The summed E-state index contributed by atoms with van der Waals surface area (Å²) in [6.45, 7) is 2.96. The minimum atomic E-state index is 0.301. The van der Waals surface area contributed by atoms with Crippen molar-refractivity contribution in [2.45, 2.75) is 29.6 Å². The second-order valence-electron chi connectivity index (χ2n) is 3.92. The average Bonchev–Trinajstić information content (AvgIpc) is 2.68. The van der Waals surface area contributed by atoms with E-state index in [1.54, 1.807) is 18.9 Å². The van der Waals surface area contributed by atoms with Gasteiger partial charge in [-0.3, -0.25) is 0 Å². The molecule has 2 unspecified atom stereocenters.